The molecule has 0 saturated heterocycles. The summed E-state index contributed by atoms with van der Waals surface area (Å²) in [5.74, 6) is -0.549. The molecule has 1 atom stereocenters. The lowest BCUT2D eigenvalue weighted by Gasteiger charge is -2.19. The number of nitrogens with one attached hydrogen (secondary N) is 1. The van der Waals surface area contributed by atoms with Crippen LogP contribution in [-0.4, -0.2) is 30.9 Å². The number of rotatable bonds is 5. The van der Waals surface area contributed by atoms with Crippen LogP contribution in [-0.2, 0) is 4.79 Å². The van der Waals surface area contributed by atoms with Gasteiger partial charge in [-0.05, 0) is 31.5 Å². The third kappa shape index (κ3) is 4.34. The van der Waals surface area contributed by atoms with E-state index in [1.807, 2.05) is 13.8 Å². The van der Waals surface area contributed by atoms with Gasteiger partial charge in [0.15, 0.2) is 0 Å². The summed E-state index contributed by atoms with van der Waals surface area (Å²) in [7, 11) is 1.73. The molecule has 1 unspecified atom stereocenters. The van der Waals surface area contributed by atoms with Gasteiger partial charge in [-0.25, -0.2) is 4.39 Å². The van der Waals surface area contributed by atoms with Gasteiger partial charge in [-0.1, -0.05) is 23.2 Å². The van der Waals surface area contributed by atoms with E-state index < -0.39 is 5.82 Å². The lowest BCUT2D eigenvalue weighted by atomic mass is 10.1. The van der Waals surface area contributed by atoms with E-state index in [-0.39, 0.29) is 23.5 Å². The van der Waals surface area contributed by atoms with E-state index in [1.54, 1.807) is 11.9 Å². The molecule has 0 aliphatic heterocycles. The average Bonchev–Trinajstić information content (AvgIpc) is 2.38. The van der Waals surface area contributed by atoms with Crippen LogP contribution in [0.2, 0.25) is 10.0 Å². The van der Waals surface area contributed by atoms with E-state index >= 15 is 0 Å². The van der Waals surface area contributed by atoms with Crippen molar-refractivity contribution in [1.82, 2.24) is 10.2 Å². The number of hydrogen-bond donors (Lipinski definition) is 1. The molecule has 106 valence electrons. The van der Waals surface area contributed by atoms with E-state index in [9.17, 15) is 9.18 Å². The lowest BCUT2D eigenvalue weighted by Crippen LogP contribution is -2.36. The summed E-state index contributed by atoms with van der Waals surface area (Å²) in [4.78, 5) is 13.3. The van der Waals surface area contributed by atoms with Crippen molar-refractivity contribution in [2.75, 3.05) is 20.1 Å². The first-order valence-corrected chi connectivity index (χ1v) is 6.74. The van der Waals surface area contributed by atoms with Crippen LogP contribution in [0.15, 0.2) is 12.1 Å². The zero-order chi connectivity index (χ0) is 14.6. The molecule has 1 rings (SSSR count). The predicted molar refractivity (Wildman–Crippen MR) is 76.1 cm³/mol. The Morgan fingerprint density at radius 3 is 2.63 bits per heavy atom. The van der Waals surface area contributed by atoms with Gasteiger partial charge in [-0.15, -0.1) is 0 Å². The molecule has 0 fully saturated rings. The van der Waals surface area contributed by atoms with Crippen LogP contribution in [0, 0.1) is 5.82 Å². The molecule has 0 aromatic heterocycles. The molecule has 0 heterocycles. The van der Waals surface area contributed by atoms with E-state index in [2.05, 4.69) is 5.32 Å². The summed E-state index contributed by atoms with van der Waals surface area (Å²) in [6.45, 7) is 4.53. The molecule has 0 saturated carbocycles. The fourth-order valence-electron chi connectivity index (χ4n) is 1.53. The second-order valence-corrected chi connectivity index (χ2v) is 5.11. The van der Waals surface area contributed by atoms with Gasteiger partial charge in [0.2, 0.25) is 5.91 Å². The summed E-state index contributed by atoms with van der Waals surface area (Å²) in [5, 5.41) is 3.38. The highest BCUT2D eigenvalue weighted by Gasteiger charge is 2.15. The topological polar surface area (TPSA) is 32.3 Å². The molecule has 6 heteroatoms. The monoisotopic (exact) mass is 306 g/mol. The Kier molecular flexibility index (Phi) is 6.04. The smallest absolute Gasteiger partial charge is 0.236 e. The Morgan fingerprint density at radius 2 is 2.05 bits per heavy atom. The predicted octanol–water partition coefficient (Wildman–Crippen LogP) is 3.26. The minimum absolute atomic E-state index is 0.0113. The Balaban J connectivity index is 2.71. The summed E-state index contributed by atoms with van der Waals surface area (Å²) < 4.78 is 13.4. The van der Waals surface area contributed by atoms with Gasteiger partial charge in [0, 0.05) is 24.7 Å². The second-order valence-electron chi connectivity index (χ2n) is 4.30. The largest absolute Gasteiger partial charge is 0.345 e. The Labute approximate surface area is 122 Å². The molecule has 0 spiro atoms. The number of benzene rings is 1. The van der Waals surface area contributed by atoms with E-state index in [4.69, 9.17) is 23.2 Å². The molecule has 1 aromatic rings. The maximum atomic E-state index is 13.4. The van der Waals surface area contributed by atoms with Crippen LogP contribution in [0.3, 0.4) is 0 Å². The molecule has 0 radical (unpaired) electrons. The maximum absolute atomic E-state index is 13.4. The highest BCUT2D eigenvalue weighted by molar-refractivity contribution is 6.35. The molecule has 0 aliphatic carbocycles. The van der Waals surface area contributed by atoms with Gasteiger partial charge in [-0.3, -0.25) is 4.79 Å². The number of halogens is 3. The SMILES string of the molecule is CCN(C)C(=O)CNC(C)c1cc(F)c(Cl)cc1Cl. The molecule has 1 aromatic carbocycles. The molecule has 0 bridgehead atoms. The van der Waals surface area contributed by atoms with Crippen molar-refractivity contribution >= 4 is 29.1 Å². The van der Waals surface area contributed by atoms with E-state index in [0.29, 0.717) is 17.1 Å². The first kappa shape index (κ1) is 16.2. The first-order valence-electron chi connectivity index (χ1n) is 5.98. The molecule has 1 amide bonds. The third-order valence-electron chi connectivity index (χ3n) is 2.97. The minimum atomic E-state index is -0.522. The molecule has 19 heavy (non-hydrogen) atoms. The number of nitrogens with zero attached hydrogens (tertiary/aromatic N) is 1. The van der Waals surface area contributed by atoms with E-state index in [0.717, 1.165) is 0 Å². The molecule has 3 nitrogen and oxygen atoms in total. The zero-order valence-electron chi connectivity index (χ0n) is 11.1. The highest BCUT2D eigenvalue weighted by atomic mass is 35.5. The van der Waals surface area contributed by atoms with Gasteiger partial charge in [0.25, 0.3) is 0 Å². The minimum Gasteiger partial charge on any atom is -0.345 e. The van der Waals surface area contributed by atoms with Crippen LogP contribution >= 0.6 is 23.2 Å². The van der Waals surface area contributed by atoms with E-state index in [1.165, 1.54) is 12.1 Å². The summed E-state index contributed by atoms with van der Waals surface area (Å²) in [6.07, 6.45) is 0. The van der Waals surface area contributed by atoms with Gasteiger partial charge in [-0.2, -0.15) is 0 Å². The van der Waals surface area contributed by atoms with Crippen LogP contribution in [0.4, 0.5) is 4.39 Å². The van der Waals surface area contributed by atoms with Crippen molar-refractivity contribution in [1.29, 1.82) is 0 Å². The first-order chi connectivity index (χ1) is 8.86. The normalized spacial score (nSPS) is 12.3. The fourth-order valence-corrected chi connectivity index (χ4v) is 2.08. The van der Waals surface area contributed by atoms with Crippen molar-refractivity contribution in [3.63, 3.8) is 0 Å². The quantitative estimate of drug-likeness (QED) is 0.847. The van der Waals surface area contributed by atoms with Gasteiger partial charge in [0.1, 0.15) is 5.82 Å². The number of hydrogen-bond acceptors (Lipinski definition) is 2. The van der Waals surface area contributed by atoms with Crippen LogP contribution in [0.25, 0.3) is 0 Å². The summed E-state index contributed by atoms with van der Waals surface area (Å²) in [5.41, 5.74) is 0.579. The molecule has 0 aliphatic rings. The average molecular weight is 307 g/mol. The number of likely N-dealkylation sites (N-methyl/N-ethyl adjacent to an activating group) is 1. The second kappa shape index (κ2) is 7.08. The van der Waals surface area contributed by atoms with Gasteiger partial charge in [0.05, 0.1) is 11.6 Å². The van der Waals surface area contributed by atoms with Crippen LogP contribution in [0.5, 0.6) is 0 Å². The molecular weight excluding hydrogens is 290 g/mol. The van der Waals surface area contributed by atoms with Crippen LogP contribution < -0.4 is 5.32 Å². The lowest BCUT2D eigenvalue weighted by molar-refractivity contribution is -0.128. The number of carbonyl (C=O) groups is 1. The Morgan fingerprint density at radius 1 is 1.42 bits per heavy atom. The van der Waals surface area contributed by atoms with Crippen molar-refractivity contribution in [3.8, 4) is 0 Å². The highest BCUT2D eigenvalue weighted by Crippen LogP contribution is 2.28. The number of amides is 1. The summed E-state index contributed by atoms with van der Waals surface area (Å²) in [6, 6.07) is 2.41. The van der Waals surface area contributed by atoms with Crippen LogP contribution in [0.1, 0.15) is 25.5 Å². The van der Waals surface area contributed by atoms with Gasteiger partial charge < -0.3 is 10.2 Å². The Hall–Kier alpha value is -0.840. The standard InChI is InChI=1S/C13H17Cl2FN2O/c1-4-18(3)13(19)7-17-8(2)9-5-12(16)11(15)6-10(9)14/h5-6,8,17H,4,7H2,1-3H3. The van der Waals surface area contributed by atoms with Crippen molar-refractivity contribution < 1.29 is 9.18 Å². The maximum Gasteiger partial charge on any atom is 0.236 e. The number of carbonyl (C=O) groups excluding carboxylic acids is 1. The van der Waals surface area contributed by atoms with Crippen molar-refractivity contribution in [2.45, 2.75) is 19.9 Å². The van der Waals surface area contributed by atoms with Crippen molar-refractivity contribution in [2.24, 2.45) is 0 Å². The molecule has 1 N–H and O–H groups in total. The molecular formula is C13H17Cl2FN2O. The fraction of sp³-hybridized carbons (Fsp3) is 0.462. The van der Waals surface area contributed by atoms with Gasteiger partial charge >= 0.3 is 0 Å². The zero-order valence-corrected chi connectivity index (χ0v) is 12.6. The van der Waals surface area contributed by atoms with Crippen molar-refractivity contribution in [3.05, 3.63) is 33.6 Å². The summed E-state index contributed by atoms with van der Waals surface area (Å²) >= 11 is 11.7. The Bertz CT molecular complexity index is 468. The third-order valence-corrected chi connectivity index (χ3v) is 3.58.